The standard InChI is InChI=1S/C17H21ClN2O3/c1-22-15-5-4-13(18)9-14(15)17(19)20-23-16(21)8-12-7-10-2-3-11(12)6-10/h4-5,9-12H,2-3,6-8H2,1H3,(H2,19,20). The van der Waals surface area contributed by atoms with Crippen molar-refractivity contribution in [2.45, 2.75) is 32.1 Å². The van der Waals surface area contributed by atoms with Crippen molar-refractivity contribution < 1.29 is 14.4 Å². The summed E-state index contributed by atoms with van der Waals surface area (Å²) in [5, 5.41) is 4.26. The molecular formula is C17H21ClN2O3. The van der Waals surface area contributed by atoms with E-state index in [9.17, 15) is 4.79 Å². The summed E-state index contributed by atoms with van der Waals surface area (Å²) in [5.41, 5.74) is 6.40. The van der Waals surface area contributed by atoms with Crippen LogP contribution in [0.1, 0.15) is 37.7 Å². The Kier molecular flexibility index (Phi) is 4.76. The van der Waals surface area contributed by atoms with Crippen LogP contribution in [0, 0.1) is 17.8 Å². The van der Waals surface area contributed by atoms with Crippen LogP contribution >= 0.6 is 11.6 Å². The Hall–Kier alpha value is -1.75. The van der Waals surface area contributed by atoms with Crippen molar-refractivity contribution in [1.29, 1.82) is 0 Å². The summed E-state index contributed by atoms with van der Waals surface area (Å²) in [6.45, 7) is 0. The molecule has 1 aromatic rings. The lowest BCUT2D eigenvalue weighted by molar-refractivity contribution is -0.145. The number of nitrogens with zero attached hydrogens (tertiary/aromatic N) is 1. The van der Waals surface area contributed by atoms with Crippen LogP contribution in [0.25, 0.3) is 0 Å². The average Bonchev–Trinajstić information content (AvgIpc) is 3.15. The first-order valence-corrected chi connectivity index (χ1v) is 8.32. The normalized spacial score (nSPS) is 26.3. The number of halogens is 1. The Bertz CT molecular complexity index is 632. The topological polar surface area (TPSA) is 73.9 Å². The maximum Gasteiger partial charge on any atom is 0.335 e. The van der Waals surface area contributed by atoms with Crippen LogP contribution in [0.5, 0.6) is 5.75 Å². The van der Waals surface area contributed by atoms with E-state index >= 15 is 0 Å². The molecule has 0 aliphatic heterocycles. The zero-order chi connectivity index (χ0) is 16.4. The molecule has 5 nitrogen and oxygen atoms in total. The molecule has 2 saturated carbocycles. The van der Waals surface area contributed by atoms with E-state index in [-0.39, 0.29) is 11.8 Å². The number of hydrogen-bond acceptors (Lipinski definition) is 4. The van der Waals surface area contributed by atoms with Gasteiger partial charge in [0.25, 0.3) is 0 Å². The first kappa shape index (κ1) is 16.1. The van der Waals surface area contributed by atoms with Crippen molar-refractivity contribution in [2.75, 3.05) is 7.11 Å². The quantitative estimate of drug-likeness (QED) is 0.387. The van der Waals surface area contributed by atoms with Gasteiger partial charge in [-0.2, -0.15) is 0 Å². The van der Waals surface area contributed by atoms with Gasteiger partial charge in [0.2, 0.25) is 0 Å². The lowest BCUT2D eigenvalue weighted by Gasteiger charge is -2.19. The monoisotopic (exact) mass is 336 g/mol. The van der Waals surface area contributed by atoms with Gasteiger partial charge in [-0.1, -0.05) is 23.2 Å². The number of ether oxygens (including phenoxy) is 1. The van der Waals surface area contributed by atoms with Crippen molar-refractivity contribution in [3.05, 3.63) is 28.8 Å². The van der Waals surface area contributed by atoms with Crippen LogP contribution in [0.15, 0.2) is 23.4 Å². The fourth-order valence-electron chi connectivity index (χ4n) is 3.91. The number of nitrogens with two attached hydrogens (primary N) is 1. The zero-order valence-electron chi connectivity index (χ0n) is 13.1. The maximum absolute atomic E-state index is 12.0. The first-order valence-electron chi connectivity index (χ1n) is 7.94. The minimum absolute atomic E-state index is 0.0747. The summed E-state index contributed by atoms with van der Waals surface area (Å²) in [4.78, 5) is 17.0. The molecule has 2 bridgehead atoms. The molecule has 2 aliphatic carbocycles. The number of benzene rings is 1. The third-order valence-corrected chi connectivity index (χ3v) is 5.23. The molecule has 6 heteroatoms. The Morgan fingerprint density at radius 1 is 1.39 bits per heavy atom. The molecule has 3 unspecified atom stereocenters. The number of fused-ring (bicyclic) bond motifs is 2. The van der Waals surface area contributed by atoms with Gasteiger partial charge in [-0.3, -0.25) is 0 Å². The highest BCUT2D eigenvalue weighted by molar-refractivity contribution is 6.31. The maximum atomic E-state index is 12.0. The van der Waals surface area contributed by atoms with Gasteiger partial charge in [0.05, 0.1) is 19.1 Å². The minimum Gasteiger partial charge on any atom is -0.496 e. The third kappa shape index (κ3) is 3.61. The fraction of sp³-hybridized carbons (Fsp3) is 0.529. The van der Waals surface area contributed by atoms with Crippen LogP contribution in [0.4, 0.5) is 0 Å². The highest BCUT2D eigenvalue weighted by Gasteiger charge is 2.40. The molecular weight excluding hydrogens is 316 g/mol. The van der Waals surface area contributed by atoms with Crippen molar-refractivity contribution in [2.24, 2.45) is 28.6 Å². The summed E-state index contributed by atoms with van der Waals surface area (Å²) in [5.74, 6) is 2.21. The van der Waals surface area contributed by atoms with Crippen molar-refractivity contribution >= 4 is 23.4 Å². The Balaban J connectivity index is 1.60. The number of carbonyl (C=O) groups is 1. The van der Waals surface area contributed by atoms with Gasteiger partial charge in [-0.05, 0) is 55.2 Å². The van der Waals surface area contributed by atoms with Gasteiger partial charge in [0, 0.05) is 5.02 Å². The van der Waals surface area contributed by atoms with Gasteiger partial charge in [0.15, 0.2) is 5.84 Å². The Labute approximate surface area is 140 Å². The van der Waals surface area contributed by atoms with Gasteiger partial charge >= 0.3 is 5.97 Å². The second-order valence-electron chi connectivity index (χ2n) is 6.42. The number of methoxy groups -OCH3 is 1. The largest absolute Gasteiger partial charge is 0.496 e. The lowest BCUT2D eigenvalue weighted by atomic mass is 9.86. The Morgan fingerprint density at radius 2 is 2.22 bits per heavy atom. The number of carbonyl (C=O) groups excluding carboxylic acids is 1. The van der Waals surface area contributed by atoms with Gasteiger partial charge < -0.3 is 15.3 Å². The number of oxime groups is 1. The summed E-state index contributed by atoms with van der Waals surface area (Å²) < 4.78 is 5.21. The second kappa shape index (κ2) is 6.79. The van der Waals surface area contributed by atoms with Gasteiger partial charge in [-0.25, -0.2) is 4.79 Å². The molecule has 0 saturated heterocycles. The van der Waals surface area contributed by atoms with E-state index in [4.69, 9.17) is 26.9 Å². The van der Waals surface area contributed by atoms with E-state index in [2.05, 4.69) is 5.16 Å². The van der Waals surface area contributed by atoms with Crippen LogP contribution in [-0.4, -0.2) is 18.9 Å². The van der Waals surface area contributed by atoms with E-state index in [1.54, 1.807) is 18.2 Å². The molecule has 0 spiro atoms. The van der Waals surface area contributed by atoms with Crippen molar-refractivity contribution in [3.8, 4) is 5.75 Å². The summed E-state index contributed by atoms with van der Waals surface area (Å²) in [6.07, 6.45) is 5.39. The molecule has 3 atom stereocenters. The molecule has 0 radical (unpaired) electrons. The molecule has 0 amide bonds. The fourth-order valence-corrected chi connectivity index (χ4v) is 4.08. The zero-order valence-corrected chi connectivity index (χ0v) is 13.9. The molecule has 3 rings (SSSR count). The molecule has 1 aromatic carbocycles. The smallest absolute Gasteiger partial charge is 0.335 e. The third-order valence-electron chi connectivity index (χ3n) is 5.00. The Morgan fingerprint density at radius 3 is 2.87 bits per heavy atom. The summed E-state index contributed by atoms with van der Waals surface area (Å²) in [7, 11) is 1.53. The SMILES string of the molecule is COc1ccc(Cl)cc1/C(N)=N/OC(=O)CC1CC2CCC1C2. The molecule has 23 heavy (non-hydrogen) atoms. The van der Waals surface area contributed by atoms with Crippen LogP contribution in [-0.2, 0) is 9.63 Å². The van der Waals surface area contributed by atoms with Gasteiger partial charge in [-0.15, -0.1) is 0 Å². The van der Waals surface area contributed by atoms with Crippen molar-refractivity contribution in [3.63, 3.8) is 0 Å². The van der Waals surface area contributed by atoms with E-state index in [0.717, 1.165) is 12.3 Å². The van der Waals surface area contributed by atoms with Gasteiger partial charge in [0.1, 0.15) is 5.75 Å². The summed E-state index contributed by atoms with van der Waals surface area (Å²) >= 11 is 5.96. The molecule has 2 aliphatic rings. The highest BCUT2D eigenvalue weighted by atomic mass is 35.5. The molecule has 2 N–H and O–H groups in total. The number of hydrogen-bond donors (Lipinski definition) is 1. The first-order chi connectivity index (χ1) is 11.1. The molecule has 0 aromatic heterocycles. The second-order valence-corrected chi connectivity index (χ2v) is 6.86. The van der Waals surface area contributed by atoms with Crippen molar-refractivity contribution in [1.82, 2.24) is 0 Å². The average molecular weight is 337 g/mol. The van der Waals surface area contributed by atoms with Crippen LogP contribution in [0.2, 0.25) is 5.02 Å². The predicted molar refractivity (Wildman–Crippen MR) is 88.4 cm³/mol. The molecule has 2 fully saturated rings. The van der Waals surface area contributed by atoms with E-state index < -0.39 is 0 Å². The highest BCUT2D eigenvalue weighted by Crippen LogP contribution is 2.49. The summed E-state index contributed by atoms with van der Waals surface area (Å²) in [6, 6.07) is 5.01. The van der Waals surface area contributed by atoms with E-state index in [1.807, 2.05) is 0 Å². The molecule has 0 heterocycles. The predicted octanol–water partition coefficient (Wildman–Crippen LogP) is 3.34. The number of rotatable bonds is 5. The van der Waals surface area contributed by atoms with E-state index in [0.29, 0.717) is 34.6 Å². The van der Waals surface area contributed by atoms with E-state index in [1.165, 1.54) is 26.4 Å². The van der Waals surface area contributed by atoms with Crippen LogP contribution in [0.3, 0.4) is 0 Å². The number of amidine groups is 1. The minimum atomic E-state index is -0.327. The molecule has 124 valence electrons. The van der Waals surface area contributed by atoms with Crippen LogP contribution < -0.4 is 10.5 Å². The lowest BCUT2D eigenvalue weighted by Crippen LogP contribution is -2.19.